The molecule has 2 N–H and O–H groups in total. The topological polar surface area (TPSA) is 83.7 Å². The van der Waals surface area contributed by atoms with Crippen LogP contribution in [0.1, 0.15) is 17.3 Å². The van der Waals surface area contributed by atoms with Gasteiger partial charge in [0.15, 0.2) is 11.6 Å². The molecule has 0 unspecified atom stereocenters. The van der Waals surface area contributed by atoms with Crippen molar-refractivity contribution in [3.8, 4) is 17.1 Å². The van der Waals surface area contributed by atoms with Crippen LogP contribution in [0.3, 0.4) is 0 Å². The first-order valence-corrected chi connectivity index (χ1v) is 9.86. The third-order valence-corrected chi connectivity index (χ3v) is 5.58. The number of H-pyrrole nitrogens is 2. The van der Waals surface area contributed by atoms with Crippen molar-refractivity contribution in [3.05, 3.63) is 59.2 Å². The zero-order valence-electron chi connectivity index (χ0n) is 15.2. The number of methoxy groups -OCH3 is 1. The Balaban J connectivity index is 1.55. The number of hydrogen-bond donors (Lipinski definition) is 2. The van der Waals surface area contributed by atoms with Crippen molar-refractivity contribution in [2.45, 2.75) is 17.3 Å². The Bertz CT molecular complexity index is 1150. The molecule has 0 amide bonds. The van der Waals surface area contributed by atoms with Crippen LogP contribution in [0.4, 0.5) is 0 Å². The summed E-state index contributed by atoms with van der Waals surface area (Å²) in [4.78, 5) is 20.5. The molecule has 6 nitrogen and oxygen atoms in total. The van der Waals surface area contributed by atoms with Crippen molar-refractivity contribution in [2.75, 3.05) is 7.11 Å². The number of aromatic amines is 2. The highest BCUT2D eigenvalue weighted by Crippen LogP contribution is 2.32. The van der Waals surface area contributed by atoms with E-state index in [9.17, 15) is 4.79 Å². The zero-order valence-corrected chi connectivity index (χ0v) is 16.8. The highest BCUT2D eigenvalue weighted by Gasteiger charge is 2.22. The Morgan fingerprint density at radius 1 is 1.25 bits per heavy atom. The molecule has 142 valence electrons. The number of halogens is 1. The first kappa shape index (κ1) is 18.6. The van der Waals surface area contributed by atoms with Gasteiger partial charge in [0.25, 0.3) is 0 Å². The number of fused-ring (bicyclic) bond motifs is 1. The van der Waals surface area contributed by atoms with Crippen LogP contribution < -0.4 is 4.74 Å². The molecule has 0 saturated heterocycles. The predicted octanol–water partition coefficient (Wildman–Crippen LogP) is 4.98. The summed E-state index contributed by atoms with van der Waals surface area (Å²) in [6.07, 6.45) is 1.75. The molecule has 8 heteroatoms. The second-order valence-electron chi connectivity index (χ2n) is 6.18. The molecule has 28 heavy (non-hydrogen) atoms. The number of carbonyl (C=O) groups excluding carboxylic acids is 1. The minimum Gasteiger partial charge on any atom is -0.496 e. The number of aromatic nitrogens is 4. The fourth-order valence-electron chi connectivity index (χ4n) is 2.99. The number of benzene rings is 2. The summed E-state index contributed by atoms with van der Waals surface area (Å²) in [5, 5.41) is 8.76. The monoisotopic (exact) mass is 412 g/mol. The van der Waals surface area contributed by atoms with Crippen LogP contribution in [0.5, 0.6) is 5.75 Å². The number of nitrogens with one attached hydrogen (secondary N) is 2. The summed E-state index contributed by atoms with van der Waals surface area (Å²) in [7, 11) is 1.58. The summed E-state index contributed by atoms with van der Waals surface area (Å²) < 4.78 is 5.36. The van der Waals surface area contributed by atoms with E-state index in [0.29, 0.717) is 32.9 Å². The van der Waals surface area contributed by atoms with Gasteiger partial charge in [-0.05, 0) is 31.2 Å². The van der Waals surface area contributed by atoms with Crippen molar-refractivity contribution >= 4 is 40.0 Å². The van der Waals surface area contributed by atoms with Gasteiger partial charge in [0.05, 0.1) is 17.9 Å². The maximum Gasteiger partial charge on any atom is 0.209 e. The van der Waals surface area contributed by atoms with E-state index in [4.69, 9.17) is 16.3 Å². The average Bonchev–Trinajstić information content (AvgIpc) is 3.34. The minimum atomic E-state index is -0.343. The number of hydrogen-bond acceptors (Lipinski definition) is 5. The molecule has 0 aliphatic heterocycles. The second kappa shape index (κ2) is 7.69. The average molecular weight is 413 g/mol. The van der Waals surface area contributed by atoms with Crippen LogP contribution in [-0.2, 0) is 0 Å². The van der Waals surface area contributed by atoms with Gasteiger partial charge in [0.1, 0.15) is 5.75 Å². The van der Waals surface area contributed by atoms with E-state index >= 15 is 0 Å². The molecular weight excluding hydrogens is 396 g/mol. The fourth-order valence-corrected chi connectivity index (χ4v) is 3.96. The first-order valence-electron chi connectivity index (χ1n) is 8.60. The second-order valence-corrected chi connectivity index (χ2v) is 7.93. The minimum absolute atomic E-state index is 0.0223. The molecule has 0 fully saturated rings. The van der Waals surface area contributed by atoms with E-state index in [2.05, 4.69) is 20.2 Å². The van der Waals surface area contributed by atoms with Crippen LogP contribution in [-0.4, -0.2) is 38.3 Å². The highest BCUT2D eigenvalue weighted by atomic mass is 35.5. The molecule has 2 heterocycles. The predicted molar refractivity (Wildman–Crippen MR) is 111 cm³/mol. The van der Waals surface area contributed by atoms with Crippen molar-refractivity contribution in [1.82, 2.24) is 20.2 Å². The largest absolute Gasteiger partial charge is 0.496 e. The summed E-state index contributed by atoms with van der Waals surface area (Å²) in [5.41, 5.74) is 2.32. The van der Waals surface area contributed by atoms with Gasteiger partial charge < -0.3 is 9.72 Å². The molecule has 0 saturated carbocycles. The first-order chi connectivity index (χ1) is 13.6. The third kappa shape index (κ3) is 3.50. The van der Waals surface area contributed by atoms with Crippen molar-refractivity contribution in [2.24, 2.45) is 0 Å². The van der Waals surface area contributed by atoms with Crippen LogP contribution >= 0.6 is 23.4 Å². The summed E-state index contributed by atoms with van der Waals surface area (Å²) >= 11 is 7.39. The Hall–Kier alpha value is -2.77. The summed E-state index contributed by atoms with van der Waals surface area (Å²) in [5.74, 6) is 1.20. The maximum absolute atomic E-state index is 12.9. The van der Waals surface area contributed by atoms with Crippen molar-refractivity contribution < 1.29 is 9.53 Å². The van der Waals surface area contributed by atoms with Gasteiger partial charge in [-0.3, -0.25) is 9.89 Å². The molecule has 0 aliphatic carbocycles. The Labute approximate surface area is 170 Å². The Kier molecular flexibility index (Phi) is 5.11. The lowest BCUT2D eigenvalue weighted by Gasteiger charge is -2.07. The Morgan fingerprint density at radius 2 is 2.07 bits per heavy atom. The standard InChI is InChI=1S/C20H17ClN4O2S/c1-11(18(26)15-10-22-16-6-4-3-5-13(15)16)28-20-23-19(24-25-20)14-9-12(21)7-8-17(14)27-2/h3-11,22H,1-2H3,(H,23,24,25)/t11-/m0/s1. The van der Waals surface area contributed by atoms with Gasteiger partial charge in [-0.25, -0.2) is 4.98 Å². The molecule has 0 radical (unpaired) electrons. The van der Waals surface area contributed by atoms with Crippen molar-refractivity contribution in [1.29, 1.82) is 0 Å². The van der Waals surface area contributed by atoms with Gasteiger partial charge in [-0.15, -0.1) is 5.10 Å². The number of nitrogens with zero attached hydrogens (tertiary/aromatic N) is 2. The lowest BCUT2D eigenvalue weighted by atomic mass is 10.1. The van der Waals surface area contributed by atoms with Crippen LogP contribution in [0, 0.1) is 0 Å². The van der Waals surface area contributed by atoms with Gasteiger partial charge in [-0.1, -0.05) is 41.6 Å². The SMILES string of the molecule is COc1ccc(Cl)cc1-c1nc(S[C@@H](C)C(=O)c2c[nH]c3ccccc23)n[nH]1. The van der Waals surface area contributed by atoms with Gasteiger partial charge >= 0.3 is 0 Å². The Morgan fingerprint density at radius 3 is 2.89 bits per heavy atom. The molecule has 0 spiro atoms. The number of rotatable bonds is 6. The van der Waals surface area contributed by atoms with E-state index in [-0.39, 0.29) is 11.0 Å². The summed E-state index contributed by atoms with van der Waals surface area (Å²) in [6, 6.07) is 13.0. The molecule has 0 bridgehead atoms. The van der Waals surface area contributed by atoms with Gasteiger partial charge in [0, 0.05) is 27.7 Å². The lowest BCUT2D eigenvalue weighted by molar-refractivity contribution is 0.0995. The number of carbonyl (C=O) groups is 1. The summed E-state index contributed by atoms with van der Waals surface area (Å²) in [6.45, 7) is 1.85. The van der Waals surface area contributed by atoms with Crippen LogP contribution in [0.2, 0.25) is 5.02 Å². The maximum atomic E-state index is 12.9. The van der Waals surface area contributed by atoms with E-state index < -0.39 is 0 Å². The lowest BCUT2D eigenvalue weighted by Crippen LogP contribution is -2.13. The molecule has 4 aromatic rings. The normalized spacial score (nSPS) is 12.2. The van der Waals surface area contributed by atoms with E-state index in [1.165, 1.54) is 11.8 Å². The van der Waals surface area contributed by atoms with Gasteiger partial charge in [-0.2, -0.15) is 0 Å². The van der Waals surface area contributed by atoms with Crippen molar-refractivity contribution in [3.63, 3.8) is 0 Å². The van der Waals surface area contributed by atoms with Crippen LogP contribution in [0.25, 0.3) is 22.3 Å². The number of ketones is 1. The number of ether oxygens (including phenoxy) is 1. The highest BCUT2D eigenvalue weighted by molar-refractivity contribution is 8.00. The molecule has 4 rings (SSSR count). The molecule has 2 aromatic carbocycles. The number of para-hydroxylation sites is 1. The zero-order chi connectivity index (χ0) is 19.7. The van der Waals surface area contributed by atoms with E-state index in [0.717, 1.165) is 10.9 Å². The molecule has 0 aliphatic rings. The molecule has 1 atom stereocenters. The number of thioether (sulfide) groups is 1. The van der Waals surface area contributed by atoms with Gasteiger partial charge in [0.2, 0.25) is 5.16 Å². The van der Waals surface area contributed by atoms with E-state index in [1.54, 1.807) is 31.5 Å². The molecular formula is C20H17ClN4O2S. The third-order valence-electron chi connectivity index (χ3n) is 4.39. The smallest absolute Gasteiger partial charge is 0.209 e. The fraction of sp³-hybridized carbons (Fsp3) is 0.150. The quantitative estimate of drug-likeness (QED) is 0.344. The number of Topliss-reactive ketones (excluding diaryl/α,β-unsaturated/α-hetero) is 1. The van der Waals surface area contributed by atoms with Crippen LogP contribution in [0.15, 0.2) is 53.8 Å². The molecule has 2 aromatic heterocycles. The van der Waals surface area contributed by atoms with E-state index in [1.807, 2.05) is 31.2 Å².